The van der Waals surface area contributed by atoms with Crippen LogP contribution in [-0.4, -0.2) is 39.0 Å². The third kappa shape index (κ3) is 3.72. The highest BCUT2D eigenvalue weighted by Crippen LogP contribution is 2.23. The molecule has 118 valence electrons. The predicted molar refractivity (Wildman–Crippen MR) is 82.7 cm³/mol. The van der Waals surface area contributed by atoms with Gasteiger partial charge in [0.2, 0.25) is 0 Å². The Kier molecular flexibility index (Phi) is 4.55. The van der Waals surface area contributed by atoms with Gasteiger partial charge in [0.05, 0.1) is 12.3 Å². The molecule has 5 heteroatoms. The van der Waals surface area contributed by atoms with E-state index in [4.69, 9.17) is 0 Å². The minimum absolute atomic E-state index is 0.146. The highest BCUT2D eigenvalue weighted by molar-refractivity contribution is 5.17. The second kappa shape index (κ2) is 6.58. The summed E-state index contributed by atoms with van der Waals surface area (Å²) in [6.45, 7) is 2.56. The monoisotopic (exact) mass is 303 g/mol. The van der Waals surface area contributed by atoms with Crippen LogP contribution in [-0.2, 0) is 20.0 Å². The van der Waals surface area contributed by atoms with Gasteiger partial charge in [-0.3, -0.25) is 9.58 Å². The molecule has 2 heterocycles. The second-order valence-electron chi connectivity index (χ2n) is 6.21. The first-order valence-corrected chi connectivity index (χ1v) is 7.72. The van der Waals surface area contributed by atoms with Crippen LogP contribution in [0.5, 0.6) is 0 Å². The first-order chi connectivity index (χ1) is 10.6. The molecule has 0 aliphatic carbocycles. The minimum atomic E-state index is -0.312. The molecular formula is C17H22FN3O. The van der Waals surface area contributed by atoms with Crippen molar-refractivity contribution in [3.05, 3.63) is 53.6 Å². The van der Waals surface area contributed by atoms with Crippen molar-refractivity contribution < 1.29 is 9.50 Å². The van der Waals surface area contributed by atoms with Crippen LogP contribution < -0.4 is 0 Å². The Balaban J connectivity index is 1.63. The molecule has 0 unspecified atom stereocenters. The molecule has 1 aliphatic heterocycles. The maximum absolute atomic E-state index is 13.3. The first-order valence-electron chi connectivity index (χ1n) is 7.72. The molecule has 1 aromatic heterocycles. The number of aliphatic hydroxyl groups excluding tert-OH is 1. The number of piperidine rings is 1. The number of benzene rings is 1. The number of halogens is 1. The van der Waals surface area contributed by atoms with Crippen LogP contribution in [0.4, 0.5) is 4.39 Å². The van der Waals surface area contributed by atoms with Crippen molar-refractivity contribution in [2.45, 2.75) is 25.5 Å². The van der Waals surface area contributed by atoms with Crippen LogP contribution in [0.2, 0.25) is 0 Å². The molecule has 2 aromatic rings. The minimum Gasteiger partial charge on any atom is -0.393 e. The van der Waals surface area contributed by atoms with Crippen LogP contribution in [0.3, 0.4) is 0 Å². The fraction of sp³-hybridized carbons (Fsp3) is 0.471. The quantitative estimate of drug-likeness (QED) is 0.939. The summed E-state index contributed by atoms with van der Waals surface area (Å²) in [5, 5.41) is 14.4. The second-order valence-corrected chi connectivity index (χ2v) is 6.21. The van der Waals surface area contributed by atoms with E-state index in [1.165, 1.54) is 11.6 Å². The van der Waals surface area contributed by atoms with Crippen molar-refractivity contribution in [1.82, 2.24) is 14.7 Å². The van der Waals surface area contributed by atoms with Crippen molar-refractivity contribution >= 4 is 0 Å². The van der Waals surface area contributed by atoms with Gasteiger partial charge in [-0.2, -0.15) is 5.10 Å². The summed E-state index contributed by atoms with van der Waals surface area (Å²) in [4.78, 5) is 2.34. The predicted octanol–water partition coefficient (Wildman–Crippen LogP) is 1.98. The van der Waals surface area contributed by atoms with Gasteiger partial charge in [-0.25, -0.2) is 4.39 Å². The zero-order valence-electron chi connectivity index (χ0n) is 12.8. The van der Waals surface area contributed by atoms with E-state index < -0.39 is 0 Å². The molecule has 2 atom stereocenters. The highest BCUT2D eigenvalue weighted by atomic mass is 19.1. The standard InChI is InChI=1S/C17H22FN3O/c1-20-10-14(9-19-20)11-21-6-5-17(22)15(12-21)7-13-3-2-4-16(18)8-13/h2-4,8-10,15,17,22H,5-7,11-12H2,1H3/t15-,17+/m1/s1. The van der Waals surface area contributed by atoms with E-state index in [1.54, 1.807) is 16.8 Å². The van der Waals surface area contributed by atoms with E-state index in [0.717, 1.165) is 31.6 Å². The van der Waals surface area contributed by atoms with Gasteiger partial charge in [0.1, 0.15) is 5.82 Å². The average Bonchev–Trinajstić information content (AvgIpc) is 2.88. The fourth-order valence-corrected chi connectivity index (χ4v) is 3.22. The lowest BCUT2D eigenvalue weighted by molar-refractivity contribution is 0.0239. The van der Waals surface area contributed by atoms with Gasteiger partial charge < -0.3 is 5.11 Å². The maximum atomic E-state index is 13.3. The van der Waals surface area contributed by atoms with Gasteiger partial charge in [-0.15, -0.1) is 0 Å². The summed E-state index contributed by atoms with van der Waals surface area (Å²) in [7, 11) is 1.91. The fourth-order valence-electron chi connectivity index (χ4n) is 3.22. The number of rotatable bonds is 4. The number of nitrogens with zero attached hydrogens (tertiary/aromatic N) is 3. The molecule has 1 aliphatic rings. The third-order valence-electron chi connectivity index (χ3n) is 4.33. The molecule has 1 N–H and O–H groups in total. The van der Waals surface area contributed by atoms with Crippen molar-refractivity contribution in [3.8, 4) is 0 Å². The van der Waals surface area contributed by atoms with Crippen molar-refractivity contribution in [2.75, 3.05) is 13.1 Å². The lowest BCUT2D eigenvalue weighted by Gasteiger charge is -2.36. The summed E-state index contributed by atoms with van der Waals surface area (Å²) >= 11 is 0. The van der Waals surface area contributed by atoms with E-state index in [1.807, 2.05) is 25.5 Å². The molecule has 3 rings (SSSR count). The smallest absolute Gasteiger partial charge is 0.123 e. The topological polar surface area (TPSA) is 41.3 Å². The largest absolute Gasteiger partial charge is 0.393 e. The van der Waals surface area contributed by atoms with E-state index in [2.05, 4.69) is 10.00 Å². The van der Waals surface area contributed by atoms with E-state index in [-0.39, 0.29) is 17.8 Å². The molecule has 0 radical (unpaired) electrons. The number of aryl methyl sites for hydroxylation is 1. The van der Waals surface area contributed by atoms with Crippen LogP contribution in [0.25, 0.3) is 0 Å². The van der Waals surface area contributed by atoms with E-state index in [0.29, 0.717) is 6.42 Å². The number of hydrogen-bond donors (Lipinski definition) is 1. The molecule has 0 spiro atoms. The molecule has 1 fully saturated rings. The Hall–Kier alpha value is -1.72. The lowest BCUT2D eigenvalue weighted by Crippen LogP contribution is -2.43. The van der Waals surface area contributed by atoms with Crippen molar-refractivity contribution in [1.29, 1.82) is 0 Å². The number of aliphatic hydroxyl groups is 1. The van der Waals surface area contributed by atoms with Gasteiger partial charge in [-0.05, 0) is 30.5 Å². The Labute approximate surface area is 130 Å². The normalized spacial score (nSPS) is 22.9. The molecule has 1 saturated heterocycles. The SMILES string of the molecule is Cn1cc(CN2CC[C@H](O)[C@H](Cc3cccc(F)c3)C2)cn1. The van der Waals surface area contributed by atoms with Gasteiger partial charge in [0.15, 0.2) is 0 Å². The maximum Gasteiger partial charge on any atom is 0.123 e. The zero-order chi connectivity index (χ0) is 15.5. The van der Waals surface area contributed by atoms with E-state index >= 15 is 0 Å². The molecule has 22 heavy (non-hydrogen) atoms. The Bertz CT molecular complexity index is 628. The van der Waals surface area contributed by atoms with E-state index in [9.17, 15) is 9.50 Å². The number of likely N-dealkylation sites (tertiary alicyclic amines) is 1. The Morgan fingerprint density at radius 1 is 1.36 bits per heavy atom. The Morgan fingerprint density at radius 3 is 2.95 bits per heavy atom. The molecule has 0 saturated carbocycles. The summed E-state index contributed by atoms with van der Waals surface area (Å²) < 4.78 is 15.1. The van der Waals surface area contributed by atoms with Crippen LogP contribution in [0.1, 0.15) is 17.5 Å². The molecule has 0 amide bonds. The Morgan fingerprint density at radius 2 is 2.23 bits per heavy atom. The lowest BCUT2D eigenvalue weighted by atomic mass is 9.88. The van der Waals surface area contributed by atoms with Crippen LogP contribution >= 0.6 is 0 Å². The van der Waals surface area contributed by atoms with Crippen molar-refractivity contribution in [2.24, 2.45) is 13.0 Å². The van der Waals surface area contributed by atoms with Crippen molar-refractivity contribution in [3.63, 3.8) is 0 Å². The highest BCUT2D eigenvalue weighted by Gasteiger charge is 2.28. The number of hydrogen-bond acceptors (Lipinski definition) is 3. The van der Waals surface area contributed by atoms with Gasteiger partial charge in [-0.1, -0.05) is 12.1 Å². The third-order valence-corrected chi connectivity index (χ3v) is 4.33. The first kappa shape index (κ1) is 15.2. The summed E-state index contributed by atoms with van der Waals surface area (Å²) in [5.74, 6) is -0.0674. The van der Waals surface area contributed by atoms with Gasteiger partial charge in [0, 0.05) is 44.4 Å². The zero-order valence-corrected chi connectivity index (χ0v) is 12.8. The average molecular weight is 303 g/mol. The molecule has 0 bridgehead atoms. The van der Waals surface area contributed by atoms with Crippen LogP contribution in [0.15, 0.2) is 36.7 Å². The molecule has 4 nitrogen and oxygen atoms in total. The summed E-state index contributed by atoms with van der Waals surface area (Å²) in [6, 6.07) is 6.67. The summed E-state index contributed by atoms with van der Waals surface area (Å²) in [6.07, 6.45) is 5.07. The molecular weight excluding hydrogens is 281 g/mol. The summed E-state index contributed by atoms with van der Waals surface area (Å²) in [5.41, 5.74) is 2.13. The molecule has 1 aromatic carbocycles. The van der Waals surface area contributed by atoms with Gasteiger partial charge >= 0.3 is 0 Å². The van der Waals surface area contributed by atoms with Crippen LogP contribution in [0, 0.1) is 11.7 Å². The number of aromatic nitrogens is 2. The van der Waals surface area contributed by atoms with Gasteiger partial charge in [0.25, 0.3) is 0 Å².